The van der Waals surface area contributed by atoms with Gasteiger partial charge in [0.25, 0.3) is 6.20 Å². The van der Waals surface area contributed by atoms with E-state index in [4.69, 9.17) is 4.52 Å². The monoisotopic (exact) mass is 577 g/mol. The van der Waals surface area contributed by atoms with Gasteiger partial charge in [0, 0.05) is 60.0 Å². The van der Waals surface area contributed by atoms with Gasteiger partial charge in [0.15, 0.2) is 5.12 Å². The van der Waals surface area contributed by atoms with Gasteiger partial charge in [-0.25, -0.2) is 0 Å². The van der Waals surface area contributed by atoms with Crippen molar-refractivity contribution in [1.29, 1.82) is 0 Å². The van der Waals surface area contributed by atoms with E-state index >= 15 is 0 Å². The lowest BCUT2D eigenvalue weighted by Gasteiger charge is -2.30. The molecule has 39 heavy (non-hydrogen) atoms. The second kappa shape index (κ2) is 13.0. The Labute approximate surface area is 241 Å². The van der Waals surface area contributed by atoms with E-state index < -0.39 is 0 Å². The molecule has 1 aliphatic rings. The minimum atomic E-state index is -0.374. The Morgan fingerprint density at radius 2 is 1.69 bits per heavy atom. The van der Waals surface area contributed by atoms with Crippen molar-refractivity contribution in [2.45, 2.75) is 71.1 Å². The molecule has 1 aliphatic heterocycles. The maximum atomic E-state index is 12.3. The highest BCUT2D eigenvalue weighted by Gasteiger charge is 2.27. The van der Waals surface area contributed by atoms with Crippen molar-refractivity contribution in [2.75, 3.05) is 49.2 Å². The molecular formula is C28H43N5O4S2. The molecule has 1 saturated heterocycles. The molecule has 1 amide bonds. The van der Waals surface area contributed by atoms with E-state index in [0.717, 1.165) is 61.4 Å². The van der Waals surface area contributed by atoms with Crippen LogP contribution in [0.3, 0.4) is 0 Å². The average Bonchev–Trinajstić information content (AvgIpc) is 3.30. The molecule has 1 atom stereocenters. The number of hydrogen-bond donors (Lipinski definition) is 1. The van der Waals surface area contributed by atoms with Gasteiger partial charge in [0.1, 0.15) is 11.6 Å². The molecule has 3 rings (SSSR count). The highest BCUT2D eigenvalue weighted by molar-refractivity contribution is 8.13. The first-order valence-electron chi connectivity index (χ1n) is 13.4. The molecule has 0 bridgehead atoms. The van der Waals surface area contributed by atoms with Gasteiger partial charge in [-0.1, -0.05) is 60.2 Å². The molecule has 1 aromatic carbocycles. The second-order valence-electron chi connectivity index (χ2n) is 12.1. The second-order valence-corrected chi connectivity index (χ2v) is 14.5. The molecule has 2 aromatic rings. The first kappa shape index (κ1) is 31.3. The van der Waals surface area contributed by atoms with Crippen LogP contribution in [0.5, 0.6) is 5.75 Å². The molecule has 0 radical (unpaired) electrons. The number of benzene rings is 1. The van der Waals surface area contributed by atoms with Gasteiger partial charge >= 0.3 is 0 Å². The van der Waals surface area contributed by atoms with Gasteiger partial charge in [-0.05, 0) is 23.0 Å². The lowest BCUT2D eigenvalue weighted by Crippen LogP contribution is -2.65. The number of rotatable bonds is 9. The number of nitrogens with zero attached hydrogens (tertiary/aromatic N) is 5. The minimum Gasteiger partial charge on any atom is -0.588 e. The first-order valence-corrected chi connectivity index (χ1v) is 15.4. The molecule has 216 valence electrons. The molecule has 1 N–H and O–H groups in total. The first-order chi connectivity index (χ1) is 18.1. The minimum absolute atomic E-state index is 0.0189. The number of phenolic OH excluding ortho intramolecular Hbond substituents is 1. The Kier molecular flexibility index (Phi) is 10.4. The predicted octanol–water partition coefficient (Wildman–Crippen LogP) is 4.76. The normalized spacial score (nSPS) is 15.8. The number of aromatic hydroxyl groups is 1. The molecule has 0 unspecified atom stereocenters. The number of carbonyl (C=O) groups is 2. The number of amides is 1. The van der Waals surface area contributed by atoms with Crippen LogP contribution in [-0.2, 0) is 20.4 Å². The highest BCUT2D eigenvalue weighted by atomic mass is 32.2. The summed E-state index contributed by atoms with van der Waals surface area (Å²) in [6.45, 7) is 20.4. The summed E-state index contributed by atoms with van der Waals surface area (Å²) in [5.74, 6) is 1.24. The molecular weight excluding hydrogens is 534 g/mol. The summed E-state index contributed by atoms with van der Waals surface area (Å²) in [4.78, 5) is 28.7. The van der Waals surface area contributed by atoms with Crippen molar-refractivity contribution in [3.8, 4) is 5.75 Å². The van der Waals surface area contributed by atoms with Gasteiger partial charge in [-0.2, -0.15) is 5.01 Å². The fourth-order valence-corrected chi connectivity index (χ4v) is 5.85. The standard InChI is InChI=1S/C28H43N5O4S2/c1-19(18-39-20(2)34)26(36)29-24-17-33(30-37-24)32-11-9-31(10-12-32)13-14-38-21-15-22(27(3,4)5)25(35)23(16-21)28(6,7)8/h15-17,19H,9-14,18H2,1-8H3,(H-,29,30,35,36)/t19-/m1/s1. The van der Waals surface area contributed by atoms with Crippen LogP contribution in [-0.4, -0.2) is 70.5 Å². The van der Waals surface area contributed by atoms with E-state index in [1.807, 2.05) is 11.8 Å². The number of aromatic nitrogens is 2. The Morgan fingerprint density at radius 1 is 1.10 bits per heavy atom. The lowest BCUT2D eigenvalue weighted by molar-refractivity contribution is -0.759. The summed E-state index contributed by atoms with van der Waals surface area (Å²) in [6.07, 6.45) is 1.62. The summed E-state index contributed by atoms with van der Waals surface area (Å²) in [6, 6.07) is 4.29. The summed E-state index contributed by atoms with van der Waals surface area (Å²) in [5.41, 5.74) is 1.72. The highest BCUT2D eigenvalue weighted by Crippen LogP contribution is 2.41. The maximum absolute atomic E-state index is 12.3. The fourth-order valence-electron chi connectivity index (χ4n) is 4.24. The Morgan fingerprint density at radius 3 is 2.23 bits per heavy atom. The predicted molar refractivity (Wildman–Crippen MR) is 158 cm³/mol. The van der Waals surface area contributed by atoms with Crippen molar-refractivity contribution in [1.82, 2.24) is 10.2 Å². The van der Waals surface area contributed by atoms with E-state index in [1.54, 1.807) is 17.9 Å². The zero-order valence-corrected chi connectivity index (χ0v) is 26.1. The van der Waals surface area contributed by atoms with Gasteiger partial charge in [0.2, 0.25) is 5.27 Å². The van der Waals surface area contributed by atoms with Gasteiger partial charge in [-0.3, -0.25) is 9.69 Å². The van der Waals surface area contributed by atoms with E-state index in [9.17, 15) is 14.7 Å². The smallest absolute Gasteiger partial charge is 0.257 e. The quantitative estimate of drug-likeness (QED) is 0.334. The summed E-state index contributed by atoms with van der Waals surface area (Å²) >= 11 is 2.95. The topological polar surface area (TPSA) is 105 Å². The number of hydrogen-bond acceptors (Lipinski definition) is 9. The molecule has 0 aliphatic carbocycles. The van der Waals surface area contributed by atoms with Crippen LogP contribution in [0.2, 0.25) is 0 Å². The van der Waals surface area contributed by atoms with Crippen LogP contribution < -0.4 is 9.80 Å². The Hall–Kier alpha value is -2.24. The van der Waals surface area contributed by atoms with Crippen molar-refractivity contribution in [3.63, 3.8) is 0 Å². The van der Waals surface area contributed by atoms with Crippen LogP contribution in [0.1, 0.15) is 66.5 Å². The van der Waals surface area contributed by atoms with Crippen molar-refractivity contribution < 1.29 is 24.0 Å². The summed E-state index contributed by atoms with van der Waals surface area (Å²) in [5, 5.41) is 21.1. The largest absolute Gasteiger partial charge is 0.588 e. The zero-order chi connectivity index (χ0) is 29.0. The summed E-state index contributed by atoms with van der Waals surface area (Å²) < 4.78 is 5.26. The van der Waals surface area contributed by atoms with Crippen LogP contribution >= 0.6 is 23.5 Å². The Bertz CT molecular complexity index is 1110. The van der Waals surface area contributed by atoms with E-state index in [-0.39, 0.29) is 33.7 Å². The number of piperazine rings is 1. The Balaban J connectivity index is 1.50. The average molecular weight is 578 g/mol. The molecule has 9 nitrogen and oxygen atoms in total. The third-order valence-corrected chi connectivity index (χ3v) is 8.67. The lowest BCUT2D eigenvalue weighted by atomic mass is 9.79. The van der Waals surface area contributed by atoms with E-state index in [0.29, 0.717) is 11.5 Å². The fraction of sp³-hybridized carbons (Fsp3) is 0.643. The molecule has 1 fully saturated rings. The van der Waals surface area contributed by atoms with Crippen LogP contribution in [0.15, 0.2) is 27.7 Å². The van der Waals surface area contributed by atoms with Crippen LogP contribution in [0.25, 0.3) is 5.32 Å². The molecule has 11 heteroatoms. The summed E-state index contributed by atoms with van der Waals surface area (Å²) in [7, 11) is 0. The number of phenols is 1. The third-order valence-electron chi connectivity index (χ3n) is 6.64. The number of thioether (sulfide) groups is 2. The van der Waals surface area contributed by atoms with E-state index in [2.05, 4.69) is 74.2 Å². The molecule has 1 aromatic heterocycles. The van der Waals surface area contributed by atoms with Crippen molar-refractivity contribution in [3.05, 3.63) is 34.8 Å². The zero-order valence-electron chi connectivity index (χ0n) is 24.5. The van der Waals surface area contributed by atoms with Crippen LogP contribution in [0, 0.1) is 5.92 Å². The molecule has 0 spiro atoms. The van der Waals surface area contributed by atoms with Crippen LogP contribution in [0.4, 0.5) is 5.88 Å². The number of carbonyl (C=O) groups excluding carboxylic acids is 2. The van der Waals surface area contributed by atoms with Crippen molar-refractivity contribution >= 4 is 40.4 Å². The molecule has 0 saturated carbocycles. The third kappa shape index (κ3) is 8.88. The SMILES string of the molecule is CC(=O)SC[C@@H](C)C(=O)[N-]c1c[n+](N2CCN(CCSc3cc(C(C)(C)C)c(O)c(C(C)(C)C)c3)CC2)no1. The van der Waals surface area contributed by atoms with Crippen molar-refractivity contribution in [2.24, 2.45) is 5.92 Å². The maximum Gasteiger partial charge on any atom is 0.257 e. The van der Waals surface area contributed by atoms with Gasteiger partial charge in [-0.15, -0.1) is 11.8 Å². The van der Waals surface area contributed by atoms with Gasteiger partial charge in [0.05, 0.1) is 23.8 Å². The molecule has 2 heterocycles. The van der Waals surface area contributed by atoms with Gasteiger partial charge < -0.3 is 19.7 Å². The van der Waals surface area contributed by atoms with E-state index in [1.165, 1.54) is 11.8 Å².